The van der Waals surface area contributed by atoms with Gasteiger partial charge in [-0.05, 0) is 43.3 Å². The molecule has 0 spiro atoms. The van der Waals surface area contributed by atoms with E-state index < -0.39 is 27.8 Å². The van der Waals surface area contributed by atoms with Crippen LogP contribution >= 0.6 is 11.3 Å². The molecule has 3 rings (SSSR count). The van der Waals surface area contributed by atoms with E-state index in [4.69, 9.17) is 14.6 Å². The van der Waals surface area contributed by atoms with E-state index in [0.29, 0.717) is 10.9 Å². The normalized spacial score (nSPS) is 12.1. The van der Waals surface area contributed by atoms with Gasteiger partial charge in [-0.3, -0.25) is 10.1 Å². The van der Waals surface area contributed by atoms with E-state index >= 15 is 0 Å². The highest BCUT2D eigenvalue weighted by molar-refractivity contribution is 7.90. The molecule has 31 heavy (non-hydrogen) atoms. The highest BCUT2D eigenvalue weighted by Crippen LogP contribution is 2.29. The lowest BCUT2D eigenvalue weighted by molar-refractivity contribution is -0.144. The molecule has 0 fully saturated rings. The van der Waals surface area contributed by atoms with Gasteiger partial charge in [-0.15, -0.1) is 11.3 Å². The summed E-state index contributed by atoms with van der Waals surface area (Å²) in [5, 5.41) is 13.8. The molecule has 2 N–H and O–H groups in total. The summed E-state index contributed by atoms with van der Waals surface area (Å²) in [5.41, 5.74) is 0.160. The summed E-state index contributed by atoms with van der Waals surface area (Å²) in [6.45, 7) is 1.36. The van der Waals surface area contributed by atoms with Crippen molar-refractivity contribution in [1.82, 2.24) is 4.98 Å². The summed E-state index contributed by atoms with van der Waals surface area (Å²) in [4.78, 5) is 27.9. The van der Waals surface area contributed by atoms with E-state index in [1.165, 1.54) is 60.7 Å². The van der Waals surface area contributed by atoms with Crippen molar-refractivity contribution >= 4 is 38.2 Å². The van der Waals surface area contributed by atoms with Crippen LogP contribution < -0.4 is 14.8 Å². The molecule has 162 valence electrons. The first kappa shape index (κ1) is 22.2. The Bertz CT molecular complexity index is 1190. The van der Waals surface area contributed by atoms with Crippen molar-refractivity contribution in [3.8, 4) is 17.2 Å². The number of aromatic nitrogens is 1. The van der Waals surface area contributed by atoms with Gasteiger partial charge >= 0.3 is 5.97 Å². The van der Waals surface area contributed by atoms with Crippen LogP contribution in [0.1, 0.15) is 17.3 Å². The summed E-state index contributed by atoms with van der Waals surface area (Å²) < 4.78 is 34.3. The number of anilines is 1. The predicted molar refractivity (Wildman–Crippen MR) is 114 cm³/mol. The number of carboxylic acid groups (broad SMARTS) is 1. The van der Waals surface area contributed by atoms with Crippen LogP contribution in [0.3, 0.4) is 0 Å². The molecule has 1 atom stereocenters. The lowest BCUT2D eigenvalue weighted by Crippen LogP contribution is -2.23. The largest absolute Gasteiger partial charge is 0.479 e. The van der Waals surface area contributed by atoms with Crippen molar-refractivity contribution in [1.29, 1.82) is 0 Å². The van der Waals surface area contributed by atoms with E-state index in [0.717, 1.165) is 6.26 Å². The molecule has 9 nitrogen and oxygen atoms in total. The molecule has 1 amide bonds. The minimum atomic E-state index is -3.35. The maximum atomic E-state index is 12.6. The van der Waals surface area contributed by atoms with Crippen LogP contribution in [0.4, 0.5) is 5.13 Å². The number of amides is 1. The summed E-state index contributed by atoms with van der Waals surface area (Å²) in [6.07, 6.45) is 1.49. The number of hydrogen-bond donors (Lipinski definition) is 2. The van der Waals surface area contributed by atoms with Gasteiger partial charge in [-0.1, -0.05) is 0 Å². The van der Waals surface area contributed by atoms with Gasteiger partial charge in [-0.2, -0.15) is 0 Å². The van der Waals surface area contributed by atoms with Gasteiger partial charge in [0.05, 0.1) is 4.90 Å². The van der Waals surface area contributed by atoms with Gasteiger partial charge in [0.1, 0.15) is 17.2 Å². The molecule has 0 saturated heterocycles. The van der Waals surface area contributed by atoms with E-state index in [-0.39, 0.29) is 22.0 Å². The Balaban J connectivity index is 1.90. The van der Waals surface area contributed by atoms with Crippen LogP contribution in [0, 0.1) is 0 Å². The third-order valence-electron chi connectivity index (χ3n) is 3.94. The summed E-state index contributed by atoms with van der Waals surface area (Å²) in [6, 6.07) is 10.0. The monoisotopic (exact) mass is 462 g/mol. The van der Waals surface area contributed by atoms with Gasteiger partial charge in [0.15, 0.2) is 21.1 Å². The fourth-order valence-corrected chi connectivity index (χ4v) is 3.58. The maximum Gasteiger partial charge on any atom is 0.344 e. The van der Waals surface area contributed by atoms with Crippen LogP contribution in [0.25, 0.3) is 0 Å². The number of carbonyl (C=O) groups excluding carboxylic acids is 1. The highest BCUT2D eigenvalue weighted by atomic mass is 32.2. The number of aliphatic carboxylic acids is 1. The minimum Gasteiger partial charge on any atom is -0.479 e. The Kier molecular flexibility index (Phi) is 6.56. The Hall–Kier alpha value is -3.44. The maximum absolute atomic E-state index is 12.6. The van der Waals surface area contributed by atoms with Gasteiger partial charge in [0.2, 0.25) is 0 Å². The van der Waals surface area contributed by atoms with E-state index in [1.54, 1.807) is 11.6 Å². The van der Waals surface area contributed by atoms with Crippen molar-refractivity contribution in [2.45, 2.75) is 17.9 Å². The fraction of sp³-hybridized carbons (Fsp3) is 0.150. The number of nitrogens with one attached hydrogen (secondary N) is 1. The van der Waals surface area contributed by atoms with E-state index in [9.17, 15) is 18.0 Å². The van der Waals surface area contributed by atoms with Gasteiger partial charge < -0.3 is 14.6 Å². The average molecular weight is 463 g/mol. The molecule has 2 aromatic carbocycles. The first-order valence-electron chi connectivity index (χ1n) is 8.85. The zero-order valence-electron chi connectivity index (χ0n) is 16.4. The number of thiazole rings is 1. The topological polar surface area (TPSA) is 132 Å². The number of benzene rings is 2. The summed E-state index contributed by atoms with van der Waals surface area (Å²) in [5.74, 6) is -1.02. The Morgan fingerprint density at radius 3 is 2.35 bits per heavy atom. The quantitative estimate of drug-likeness (QED) is 0.520. The third kappa shape index (κ3) is 6.03. The number of nitrogens with zero attached hydrogens (tertiary/aromatic N) is 1. The Labute approximate surface area is 182 Å². The van der Waals surface area contributed by atoms with Crippen molar-refractivity contribution in [2.75, 3.05) is 11.6 Å². The SMILES string of the molecule is CC(Oc1cc(Oc2ccc(S(C)(=O)=O)cc2)cc(C(=O)Nc2nccs2)c1)C(=O)O. The van der Waals surface area contributed by atoms with Crippen molar-refractivity contribution in [2.24, 2.45) is 0 Å². The third-order valence-corrected chi connectivity index (χ3v) is 5.76. The molecule has 3 aromatic rings. The smallest absolute Gasteiger partial charge is 0.344 e. The molecule has 1 heterocycles. The summed E-state index contributed by atoms with van der Waals surface area (Å²) in [7, 11) is -3.35. The summed E-state index contributed by atoms with van der Waals surface area (Å²) >= 11 is 1.24. The molecular formula is C20H18N2O7S2. The Morgan fingerprint density at radius 1 is 1.10 bits per heavy atom. The second kappa shape index (κ2) is 9.14. The lowest BCUT2D eigenvalue weighted by Gasteiger charge is -2.14. The first-order valence-corrected chi connectivity index (χ1v) is 11.6. The molecule has 0 aliphatic carbocycles. The molecular weight excluding hydrogens is 444 g/mol. The molecule has 0 saturated carbocycles. The Morgan fingerprint density at radius 2 is 1.77 bits per heavy atom. The first-order chi connectivity index (χ1) is 14.6. The van der Waals surface area contributed by atoms with Crippen LogP contribution in [-0.4, -0.2) is 42.7 Å². The number of sulfone groups is 1. The van der Waals surface area contributed by atoms with Crippen molar-refractivity contribution in [3.63, 3.8) is 0 Å². The van der Waals surface area contributed by atoms with Gasteiger partial charge in [0.25, 0.3) is 5.91 Å². The van der Waals surface area contributed by atoms with Crippen LogP contribution in [0.2, 0.25) is 0 Å². The predicted octanol–water partition coefficient (Wildman–Crippen LogP) is 3.44. The van der Waals surface area contributed by atoms with Crippen LogP contribution in [0.5, 0.6) is 17.2 Å². The number of carboxylic acids is 1. The van der Waals surface area contributed by atoms with Crippen molar-refractivity contribution < 1.29 is 32.6 Å². The minimum absolute atomic E-state index is 0.115. The number of carbonyl (C=O) groups is 2. The number of ether oxygens (including phenoxy) is 2. The van der Waals surface area contributed by atoms with Gasteiger partial charge in [0, 0.05) is 29.5 Å². The molecule has 0 aliphatic heterocycles. The van der Waals surface area contributed by atoms with Crippen molar-refractivity contribution in [3.05, 3.63) is 59.6 Å². The molecule has 11 heteroatoms. The molecule has 0 bridgehead atoms. The second-order valence-electron chi connectivity index (χ2n) is 6.43. The van der Waals surface area contributed by atoms with E-state index in [2.05, 4.69) is 10.3 Å². The second-order valence-corrected chi connectivity index (χ2v) is 9.34. The van der Waals surface area contributed by atoms with Gasteiger partial charge in [-0.25, -0.2) is 18.2 Å². The molecule has 1 unspecified atom stereocenters. The standard InChI is InChI=1S/C20H18N2O7S2/c1-12(19(24)25)28-15-9-13(18(23)22-20-21-7-8-30-20)10-16(11-15)29-14-3-5-17(6-4-14)31(2,26)27/h3-12H,1-2H3,(H,24,25)(H,21,22,23). The lowest BCUT2D eigenvalue weighted by atomic mass is 10.2. The molecule has 0 aliphatic rings. The zero-order chi connectivity index (χ0) is 22.6. The van der Waals surface area contributed by atoms with E-state index in [1.807, 2.05) is 0 Å². The molecule has 0 radical (unpaired) electrons. The number of rotatable bonds is 8. The average Bonchev–Trinajstić information content (AvgIpc) is 3.20. The number of hydrogen-bond acceptors (Lipinski definition) is 8. The fourth-order valence-electron chi connectivity index (χ4n) is 2.43. The van der Waals surface area contributed by atoms with Crippen LogP contribution in [0.15, 0.2) is 58.9 Å². The molecule has 1 aromatic heterocycles. The van der Waals surface area contributed by atoms with Crippen LogP contribution in [-0.2, 0) is 14.6 Å². The highest BCUT2D eigenvalue weighted by Gasteiger charge is 2.17. The zero-order valence-corrected chi connectivity index (χ0v) is 18.1.